The number of nitrogens with zero attached hydrogens (tertiary/aromatic N) is 3. The summed E-state index contributed by atoms with van der Waals surface area (Å²) in [5, 5.41) is 3.22. The Labute approximate surface area is 142 Å². The van der Waals surface area contributed by atoms with Crippen LogP contribution in [0.1, 0.15) is 30.9 Å². The monoisotopic (exact) mass is 325 g/mol. The van der Waals surface area contributed by atoms with Crippen molar-refractivity contribution in [2.75, 3.05) is 11.9 Å². The number of nitrogens with two attached hydrogens (primary N) is 1. The van der Waals surface area contributed by atoms with Crippen molar-refractivity contribution < 1.29 is 4.74 Å². The smallest absolute Gasteiger partial charge is 0.282 e. The van der Waals surface area contributed by atoms with Crippen molar-refractivity contribution in [1.29, 1.82) is 0 Å². The van der Waals surface area contributed by atoms with Crippen LogP contribution in [-0.4, -0.2) is 28.6 Å². The van der Waals surface area contributed by atoms with Gasteiger partial charge in [-0.3, -0.25) is 0 Å². The zero-order valence-corrected chi connectivity index (χ0v) is 13.9. The second kappa shape index (κ2) is 7.77. The number of amidine groups is 1. The molecule has 0 bridgehead atoms. The molecule has 6 heteroatoms. The highest BCUT2D eigenvalue weighted by atomic mass is 16.5. The third kappa shape index (κ3) is 4.44. The van der Waals surface area contributed by atoms with Gasteiger partial charge < -0.3 is 15.8 Å². The molecule has 0 radical (unpaired) electrons. The lowest BCUT2D eigenvalue weighted by atomic mass is 10.1. The fourth-order valence-electron chi connectivity index (χ4n) is 2.64. The normalized spacial score (nSPS) is 16.5. The van der Waals surface area contributed by atoms with Gasteiger partial charge in [-0.2, -0.15) is 0 Å². The lowest BCUT2D eigenvalue weighted by molar-refractivity contribution is 0.308. The molecule has 0 fully saturated rings. The summed E-state index contributed by atoms with van der Waals surface area (Å²) in [5.41, 5.74) is 8.93. The summed E-state index contributed by atoms with van der Waals surface area (Å²) in [4.78, 5) is 12.9. The zero-order chi connectivity index (χ0) is 16.8. The molecule has 2 heterocycles. The Morgan fingerprint density at radius 2 is 1.88 bits per heavy atom. The van der Waals surface area contributed by atoms with Crippen LogP contribution >= 0.6 is 0 Å². The topological polar surface area (TPSA) is 85.4 Å². The van der Waals surface area contributed by atoms with Gasteiger partial charge in [-0.1, -0.05) is 25.5 Å². The summed E-state index contributed by atoms with van der Waals surface area (Å²) < 4.78 is 5.17. The van der Waals surface area contributed by atoms with Gasteiger partial charge in [0.1, 0.15) is 6.61 Å². The first-order valence-corrected chi connectivity index (χ1v) is 8.36. The lowest BCUT2D eigenvalue weighted by Gasteiger charge is -2.08. The summed E-state index contributed by atoms with van der Waals surface area (Å²) in [7, 11) is 0. The van der Waals surface area contributed by atoms with E-state index in [1.165, 1.54) is 5.56 Å². The molecule has 1 aromatic heterocycles. The van der Waals surface area contributed by atoms with E-state index in [9.17, 15) is 0 Å². The minimum absolute atomic E-state index is 0.179. The summed E-state index contributed by atoms with van der Waals surface area (Å²) >= 11 is 0. The molecule has 1 aliphatic heterocycles. The molecular weight excluding hydrogens is 302 g/mol. The molecule has 24 heavy (non-hydrogen) atoms. The van der Waals surface area contributed by atoms with Gasteiger partial charge >= 0.3 is 0 Å². The average Bonchev–Trinajstić information content (AvgIpc) is 3.02. The molecule has 0 aliphatic carbocycles. The number of nitrogens with one attached hydrogen (secondary N) is 1. The van der Waals surface area contributed by atoms with Crippen LogP contribution in [0.25, 0.3) is 0 Å². The van der Waals surface area contributed by atoms with Gasteiger partial charge in [0.05, 0.1) is 6.04 Å². The Hall–Kier alpha value is -2.63. The number of aliphatic imine (C=N–C) groups is 1. The molecule has 0 saturated heterocycles. The molecule has 0 spiro atoms. The first-order chi connectivity index (χ1) is 11.7. The molecule has 2 aromatic rings. The minimum atomic E-state index is 0.179. The third-order valence-corrected chi connectivity index (χ3v) is 3.95. The standard InChI is InChI=1S/C18H23N5O/c1-2-3-14-10-20-18(21-11-14)23-15-7-4-13(5-8-15)6-9-16-12-24-17(19)22-16/h4-5,7-8,10-11,16H,2-3,6,9,12H2,1H3,(H2,19,22)(H,20,21,23)/t16-/m0/s1. The highest BCUT2D eigenvalue weighted by Gasteiger charge is 2.16. The SMILES string of the molecule is CCCc1cnc(Nc2ccc(CC[C@H]3COC(N)=N3)cc2)nc1. The van der Waals surface area contributed by atoms with Crippen LogP contribution in [0.2, 0.25) is 0 Å². The van der Waals surface area contributed by atoms with Crippen LogP contribution in [0, 0.1) is 0 Å². The molecule has 1 aliphatic rings. The van der Waals surface area contributed by atoms with Gasteiger partial charge in [0.25, 0.3) is 6.02 Å². The summed E-state index contributed by atoms with van der Waals surface area (Å²) in [6.07, 6.45) is 7.76. The van der Waals surface area contributed by atoms with Gasteiger partial charge in [0.15, 0.2) is 0 Å². The molecule has 0 unspecified atom stereocenters. The van der Waals surface area contributed by atoms with Crippen molar-refractivity contribution in [3.63, 3.8) is 0 Å². The van der Waals surface area contributed by atoms with Gasteiger partial charge in [-0.25, -0.2) is 15.0 Å². The molecule has 0 saturated carbocycles. The molecular formula is C18H23N5O. The second-order valence-corrected chi connectivity index (χ2v) is 5.96. The Morgan fingerprint density at radius 3 is 2.50 bits per heavy atom. The molecule has 3 N–H and O–H groups in total. The van der Waals surface area contributed by atoms with Crippen LogP contribution < -0.4 is 11.1 Å². The first kappa shape index (κ1) is 16.2. The highest BCUT2D eigenvalue weighted by molar-refractivity contribution is 5.73. The van der Waals surface area contributed by atoms with Crippen molar-refractivity contribution in [3.8, 4) is 0 Å². The van der Waals surface area contributed by atoms with Crippen molar-refractivity contribution >= 4 is 17.7 Å². The number of aryl methyl sites for hydroxylation is 2. The molecule has 6 nitrogen and oxygen atoms in total. The number of hydrogen-bond donors (Lipinski definition) is 2. The Morgan fingerprint density at radius 1 is 1.12 bits per heavy atom. The second-order valence-electron chi connectivity index (χ2n) is 5.96. The third-order valence-electron chi connectivity index (χ3n) is 3.95. The number of benzene rings is 1. The van der Waals surface area contributed by atoms with Crippen molar-refractivity contribution in [2.24, 2.45) is 10.7 Å². The maximum absolute atomic E-state index is 5.52. The summed E-state index contributed by atoms with van der Waals surface area (Å²) in [6.45, 7) is 2.74. The van der Waals surface area contributed by atoms with E-state index >= 15 is 0 Å². The van der Waals surface area contributed by atoms with E-state index in [1.54, 1.807) is 0 Å². The van der Waals surface area contributed by atoms with Crippen molar-refractivity contribution in [3.05, 3.63) is 47.8 Å². The zero-order valence-electron chi connectivity index (χ0n) is 13.9. The maximum Gasteiger partial charge on any atom is 0.282 e. The number of hydrogen-bond acceptors (Lipinski definition) is 6. The summed E-state index contributed by atoms with van der Waals surface area (Å²) in [5.74, 6) is 0.621. The largest absolute Gasteiger partial charge is 0.463 e. The van der Waals surface area contributed by atoms with Gasteiger partial charge in [0, 0.05) is 18.1 Å². The van der Waals surface area contributed by atoms with E-state index in [0.29, 0.717) is 18.6 Å². The van der Waals surface area contributed by atoms with Gasteiger partial charge in [0.2, 0.25) is 5.95 Å². The predicted octanol–water partition coefficient (Wildman–Crippen LogP) is 2.82. The molecule has 0 amide bonds. The van der Waals surface area contributed by atoms with Crippen LogP contribution in [0.5, 0.6) is 0 Å². The highest BCUT2D eigenvalue weighted by Crippen LogP contribution is 2.17. The quantitative estimate of drug-likeness (QED) is 0.817. The van der Waals surface area contributed by atoms with Crippen molar-refractivity contribution in [1.82, 2.24) is 9.97 Å². The van der Waals surface area contributed by atoms with E-state index in [4.69, 9.17) is 10.5 Å². The maximum atomic E-state index is 5.52. The van der Waals surface area contributed by atoms with E-state index in [1.807, 2.05) is 24.5 Å². The van der Waals surface area contributed by atoms with Crippen LogP contribution in [0.15, 0.2) is 41.7 Å². The van der Waals surface area contributed by atoms with Crippen LogP contribution in [-0.2, 0) is 17.6 Å². The molecule has 3 rings (SSSR count). The Bertz CT molecular complexity index is 682. The minimum Gasteiger partial charge on any atom is -0.463 e. The predicted molar refractivity (Wildman–Crippen MR) is 95.4 cm³/mol. The Kier molecular flexibility index (Phi) is 5.25. The van der Waals surface area contributed by atoms with Gasteiger partial charge in [-0.05, 0) is 42.5 Å². The number of aromatic nitrogens is 2. The first-order valence-electron chi connectivity index (χ1n) is 8.36. The molecule has 1 aromatic carbocycles. The Balaban J connectivity index is 1.52. The molecule has 1 atom stereocenters. The van der Waals surface area contributed by atoms with E-state index in [-0.39, 0.29) is 6.04 Å². The van der Waals surface area contributed by atoms with E-state index < -0.39 is 0 Å². The number of rotatable bonds is 7. The number of anilines is 2. The fourth-order valence-corrected chi connectivity index (χ4v) is 2.64. The summed E-state index contributed by atoms with van der Waals surface area (Å²) in [6, 6.07) is 8.79. The van der Waals surface area contributed by atoms with E-state index in [0.717, 1.165) is 36.9 Å². The van der Waals surface area contributed by atoms with Crippen molar-refractivity contribution in [2.45, 2.75) is 38.6 Å². The van der Waals surface area contributed by atoms with Crippen LogP contribution in [0.3, 0.4) is 0 Å². The number of ether oxygens (including phenoxy) is 1. The average molecular weight is 325 g/mol. The van der Waals surface area contributed by atoms with E-state index in [2.05, 4.69) is 39.3 Å². The lowest BCUT2D eigenvalue weighted by Crippen LogP contribution is -2.10. The fraction of sp³-hybridized carbons (Fsp3) is 0.389. The van der Waals surface area contributed by atoms with Crippen LogP contribution in [0.4, 0.5) is 11.6 Å². The van der Waals surface area contributed by atoms with Gasteiger partial charge in [-0.15, -0.1) is 0 Å². The molecule has 126 valence electrons.